The highest BCUT2D eigenvalue weighted by atomic mass is 79.9. The first kappa shape index (κ1) is 14.0. The van der Waals surface area contributed by atoms with Gasteiger partial charge in [0.05, 0.1) is 7.11 Å². The fourth-order valence-corrected chi connectivity index (χ4v) is 2.29. The number of hydrogen-bond acceptors (Lipinski definition) is 2. The highest BCUT2D eigenvalue weighted by molar-refractivity contribution is 9.10. The van der Waals surface area contributed by atoms with Gasteiger partial charge < -0.3 is 9.84 Å². The van der Waals surface area contributed by atoms with Gasteiger partial charge in [-0.1, -0.05) is 28.1 Å². The van der Waals surface area contributed by atoms with Crippen molar-refractivity contribution in [2.45, 2.75) is 6.10 Å². The predicted molar refractivity (Wildman–Crippen MR) is 71.1 cm³/mol. The molecule has 0 aliphatic rings. The molecule has 0 aliphatic heterocycles. The zero-order valence-corrected chi connectivity index (χ0v) is 11.6. The van der Waals surface area contributed by atoms with Crippen molar-refractivity contribution in [1.82, 2.24) is 0 Å². The third-order valence-electron chi connectivity index (χ3n) is 2.77. The summed E-state index contributed by atoms with van der Waals surface area (Å²) in [5.74, 6) is -1.02. The molecule has 0 heterocycles. The summed E-state index contributed by atoms with van der Waals surface area (Å²) < 4.78 is 32.3. The predicted octanol–water partition coefficient (Wildman–Crippen LogP) is 3.82. The smallest absolute Gasteiger partial charge is 0.172 e. The van der Waals surface area contributed by atoms with Crippen molar-refractivity contribution < 1.29 is 18.6 Å². The summed E-state index contributed by atoms with van der Waals surface area (Å²) in [7, 11) is 1.35. The Labute approximate surface area is 117 Å². The highest BCUT2D eigenvalue weighted by Crippen LogP contribution is 2.35. The van der Waals surface area contributed by atoms with Crippen LogP contribution in [0.25, 0.3) is 0 Å². The zero-order chi connectivity index (χ0) is 14.0. The van der Waals surface area contributed by atoms with Crippen LogP contribution in [0.4, 0.5) is 8.78 Å². The van der Waals surface area contributed by atoms with E-state index in [0.29, 0.717) is 10.0 Å². The van der Waals surface area contributed by atoms with Gasteiger partial charge in [0, 0.05) is 10.0 Å². The summed E-state index contributed by atoms with van der Waals surface area (Å²) in [5, 5.41) is 10.2. The van der Waals surface area contributed by atoms with Gasteiger partial charge in [-0.25, -0.2) is 8.78 Å². The second-order valence-electron chi connectivity index (χ2n) is 3.93. The minimum absolute atomic E-state index is 0.0411. The molecule has 1 atom stereocenters. The normalized spacial score (nSPS) is 12.3. The van der Waals surface area contributed by atoms with Gasteiger partial charge in [-0.15, -0.1) is 0 Å². The molecule has 0 saturated heterocycles. The second-order valence-corrected chi connectivity index (χ2v) is 4.79. The first-order valence-corrected chi connectivity index (χ1v) is 6.29. The van der Waals surface area contributed by atoms with Gasteiger partial charge in [0.15, 0.2) is 11.6 Å². The molecule has 0 aromatic heterocycles. The van der Waals surface area contributed by atoms with E-state index in [-0.39, 0.29) is 11.3 Å². The Morgan fingerprint density at radius 1 is 1.11 bits per heavy atom. The van der Waals surface area contributed by atoms with Crippen molar-refractivity contribution in [2.75, 3.05) is 7.11 Å². The van der Waals surface area contributed by atoms with E-state index < -0.39 is 17.7 Å². The maximum Gasteiger partial charge on any atom is 0.172 e. The Hall–Kier alpha value is -1.46. The summed E-state index contributed by atoms with van der Waals surface area (Å²) in [5.41, 5.74) is 0.459. The summed E-state index contributed by atoms with van der Waals surface area (Å²) >= 11 is 3.19. The third-order valence-corrected chi connectivity index (χ3v) is 3.46. The lowest BCUT2D eigenvalue weighted by atomic mass is 10.0. The van der Waals surface area contributed by atoms with Gasteiger partial charge in [-0.05, 0) is 29.8 Å². The maximum absolute atomic E-state index is 14.2. The van der Waals surface area contributed by atoms with Crippen molar-refractivity contribution in [1.29, 1.82) is 0 Å². The standard InChI is InChI=1S/C14H11BrF2O2/c1-19-11-7-6-10(15)12(13(11)17)14(18)8-2-4-9(16)5-3-8/h2-7,14,18H,1H3. The number of methoxy groups -OCH3 is 1. The molecule has 0 bridgehead atoms. The first-order valence-electron chi connectivity index (χ1n) is 5.50. The number of rotatable bonds is 3. The van der Waals surface area contributed by atoms with E-state index in [4.69, 9.17) is 4.74 Å². The van der Waals surface area contributed by atoms with Crippen LogP contribution in [0.3, 0.4) is 0 Å². The third kappa shape index (κ3) is 2.77. The van der Waals surface area contributed by atoms with E-state index in [1.807, 2.05) is 0 Å². The molecule has 0 amide bonds. The molecule has 0 aliphatic carbocycles. The lowest BCUT2D eigenvalue weighted by Gasteiger charge is -2.16. The average molecular weight is 329 g/mol. The van der Waals surface area contributed by atoms with Crippen LogP contribution in [-0.2, 0) is 0 Å². The van der Waals surface area contributed by atoms with E-state index >= 15 is 0 Å². The van der Waals surface area contributed by atoms with Crippen LogP contribution in [0.5, 0.6) is 5.75 Å². The minimum Gasteiger partial charge on any atom is -0.494 e. The molecule has 0 radical (unpaired) electrons. The molecule has 19 heavy (non-hydrogen) atoms. The average Bonchev–Trinajstić information content (AvgIpc) is 2.39. The topological polar surface area (TPSA) is 29.5 Å². The van der Waals surface area contributed by atoms with Crippen LogP contribution in [-0.4, -0.2) is 12.2 Å². The van der Waals surface area contributed by atoms with Gasteiger partial charge in [0.25, 0.3) is 0 Å². The molecule has 0 fully saturated rings. The summed E-state index contributed by atoms with van der Waals surface area (Å²) in [4.78, 5) is 0. The lowest BCUT2D eigenvalue weighted by Crippen LogP contribution is -2.05. The van der Waals surface area contributed by atoms with Crippen molar-refractivity contribution in [3.8, 4) is 5.75 Å². The minimum atomic E-state index is -1.20. The van der Waals surface area contributed by atoms with Crippen molar-refractivity contribution in [2.24, 2.45) is 0 Å². The monoisotopic (exact) mass is 328 g/mol. The quantitative estimate of drug-likeness (QED) is 0.928. The Bertz CT molecular complexity index is 585. The largest absolute Gasteiger partial charge is 0.494 e. The number of benzene rings is 2. The summed E-state index contributed by atoms with van der Waals surface area (Å²) in [6.07, 6.45) is -1.20. The van der Waals surface area contributed by atoms with Crippen molar-refractivity contribution in [3.05, 3.63) is 63.6 Å². The Kier molecular flexibility index (Phi) is 4.17. The maximum atomic E-state index is 14.2. The van der Waals surface area contributed by atoms with E-state index in [9.17, 15) is 13.9 Å². The summed E-state index contributed by atoms with van der Waals surface area (Å²) in [6, 6.07) is 8.29. The van der Waals surface area contributed by atoms with E-state index in [2.05, 4.69) is 15.9 Å². The number of hydrogen-bond donors (Lipinski definition) is 1. The molecule has 1 unspecified atom stereocenters. The van der Waals surface area contributed by atoms with Crippen LogP contribution in [0, 0.1) is 11.6 Å². The molecular weight excluding hydrogens is 318 g/mol. The van der Waals surface area contributed by atoms with Gasteiger partial charge >= 0.3 is 0 Å². The van der Waals surface area contributed by atoms with Gasteiger partial charge in [-0.2, -0.15) is 0 Å². The number of aliphatic hydroxyl groups is 1. The second kappa shape index (κ2) is 5.67. The Morgan fingerprint density at radius 2 is 1.74 bits per heavy atom. The lowest BCUT2D eigenvalue weighted by molar-refractivity contribution is 0.212. The molecule has 2 rings (SSSR count). The number of halogens is 3. The van der Waals surface area contributed by atoms with Crippen LogP contribution >= 0.6 is 15.9 Å². The molecular formula is C14H11BrF2O2. The molecule has 2 nitrogen and oxygen atoms in total. The highest BCUT2D eigenvalue weighted by Gasteiger charge is 2.21. The molecule has 1 N–H and O–H groups in total. The van der Waals surface area contributed by atoms with Crippen molar-refractivity contribution in [3.63, 3.8) is 0 Å². The zero-order valence-electron chi connectivity index (χ0n) is 10.0. The van der Waals surface area contributed by atoms with Crippen molar-refractivity contribution >= 4 is 15.9 Å². The number of aliphatic hydroxyl groups excluding tert-OH is 1. The molecule has 100 valence electrons. The first-order chi connectivity index (χ1) is 9.04. The van der Waals surface area contributed by atoms with Crippen LogP contribution in [0.15, 0.2) is 40.9 Å². The Balaban J connectivity index is 2.49. The van der Waals surface area contributed by atoms with E-state index in [1.54, 1.807) is 6.07 Å². The van der Waals surface area contributed by atoms with Crippen LogP contribution in [0.2, 0.25) is 0 Å². The fourth-order valence-electron chi connectivity index (χ4n) is 1.77. The van der Waals surface area contributed by atoms with E-state index in [0.717, 1.165) is 0 Å². The molecule has 2 aromatic rings. The molecule has 0 spiro atoms. The SMILES string of the molecule is COc1ccc(Br)c(C(O)c2ccc(F)cc2)c1F. The van der Waals surface area contributed by atoms with Gasteiger partial charge in [0.2, 0.25) is 0 Å². The molecule has 5 heteroatoms. The fraction of sp³-hybridized carbons (Fsp3) is 0.143. The van der Waals surface area contributed by atoms with Crippen LogP contribution < -0.4 is 4.74 Å². The molecule has 2 aromatic carbocycles. The Morgan fingerprint density at radius 3 is 2.32 bits per heavy atom. The van der Waals surface area contributed by atoms with Gasteiger partial charge in [0.1, 0.15) is 11.9 Å². The number of ether oxygens (including phenoxy) is 1. The van der Waals surface area contributed by atoms with Gasteiger partial charge in [-0.3, -0.25) is 0 Å². The van der Waals surface area contributed by atoms with E-state index in [1.165, 1.54) is 37.4 Å². The molecule has 0 saturated carbocycles. The summed E-state index contributed by atoms with van der Waals surface area (Å²) in [6.45, 7) is 0. The van der Waals surface area contributed by atoms with Crippen LogP contribution in [0.1, 0.15) is 17.2 Å².